The van der Waals surface area contributed by atoms with Crippen molar-refractivity contribution in [2.75, 3.05) is 20.3 Å². The molecular formula is C18H34O7Si. The summed E-state index contributed by atoms with van der Waals surface area (Å²) in [6, 6.07) is 0. The summed E-state index contributed by atoms with van der Waals surface area (Å²) < 4.78 is 33.1. The van der Waals surface area contributed by atoms with E-state index in [0.717, 1.165) is 0 Å². The summed E-state index contributed by atoms with van der Waals surface area (Å²) in [6.45, 7) is 15.4. The van der Waals surface area contributed by atoms with Gasteiger partial charge in [0.25, 0.3) is 0 Å². The molecule has 4 atom stereocenters. The average Bonchev–Trinajstić information content (AvgIpc) is 2.53. The van der Waals surface area contributed by atoms with Gasteiger partial charge in [0.2, 0.25) is 0 Å². The van der Waals surface area contributed by atoms with Gasteiger partial charge < -0.3 is 28.1 Å². The Morgan fingerprint density at radius 1 is 1.27 bits per heavy atom. The first-order chi connectivity index (χ1) is 12.0. The Morgan fingerprint density at radius 3 is 2.46 bits per heavy atom. The van der Waals surface area contributed by atoms with Gasteiger partial charge in [0.15, 0.2) is 27.0 Å². The molecule has 7 nitrogen and oxygen atoms in total. The third kappa shape index (κ3) is 7.00. The molecule has 1 aliphatic rings. The second-order valence-corrected chi connectivity index (χ2v) is 12.5. The van der Waals surface area contributed by atoms with E-state index < -0.39 is 39.3 Å². The van der Waals surface area contributed by atoms with Crippen molar-refractivity contribution in [3.8, 4) is 0 Å². The van der Waals surface area contributed by atoms with E-state index >= 15 is 0 Å². The van der Waals surface area contributed by atoms with Gasteiger partial charge in [0.05, 0.1) is 13.7 Å². The highest BCUT2D eigenvalue weighted by molar-refractivity contribution is 6.74. The van der Waals surface area contributed by atoms with Crippen LogP contribution in [-0.2, 0) is 28.1 Å². The Labute approximate surface area is 158 Å². The maximum absolute atomic E-state index is 11.5. The minimum Gasteiger partial charge on any atom is -0.438 e. The normalized spacial score (nSPS) is 25.0. The Kier molecular flexibility index (Phi) is 8.75. The molecule has 0 saturated carbocycles. The van der Waals surface area contributed by atoms with Crippen LogP contribution in [0.25, 0.3) is 0 Å². The SMILES string of the molecule is CCOC(C)OC1C=CC(OC(=O)OC)[C@@H](CO[Si](C)(C)C(C)(C)C)O1. The minimum atomic E-state index is -1.97. The van der Waals surface area contributed by atoms with Gasteiger partial charge in [-0.15, -0.1) is 0 Å². The monoisotopic (exact) mass is 390 g/mol. The predicted molar refractivity (Wildman–Crippen MR) is 100 cm³/mol. The van der Waals surface area contributed by atoms with E-state index in [1.165, 1.54) is 7.11 Å². The van der Waals surface area contributed by atoms with Gasteiger partial charge in [-0.3, -0.25) is 0 Å². The number of methoxy groups -OCH3 is 1. The number of hydrogen-bond acceptors (Lipinski definition) is 7. The largest absolute Gasteiger partial charge is 0.508 e. The highest BCUT2D eigenvalue weighted by Gasteiger charge is 2.40. The minimum absolute atomic E-state index is 0.0651. The van der Waals surface area contributed by atoms with Gasteiger partial charge in [-0.05, 0) is 44.1 Å². The maximum atomic E-state index is 11.5. The van der Waals surface area contributed by atoms with E-state index in [4.69, 9.17) is 23.4 Å². The standard InChI is InChI=1S/C18H34O7Si/c1-9-21-13(2)23-16-11-10-14(25-17(19)20-6)15(24-16)12-22-26(7,8)18(3,4)5/h10-11,13-16H,9,12H2,1-8H3/t13?,14?,15-,16?/m1/s1. The third-order valence-electron chi connectivity index (χ3n) is 4.67. The van der Waals surface area contributed by atoms with Crippen LogP contribution in [0.2, 0.25) is 18.1 Å². The fourth-order valence-corrected chi connectivity index (χ4v) is 3.09. The van der Waals surface area contributed by atoms with Crippen LogP contribution in [0.3, 0.4) is 0 Å². The van der Waals surface area contributed by atoms with Gasteiger partial charge in [-0.2, -0.15) is 0 Å². The first kappa shape index (κ1) is 23.1. The van der Waals surface area contributed by atoms with Crippen molar-refractivity contribution >= 4 is 14.5 Å². The van der Waals surface area contributed by atoms with Crippen LogP contribution >= 0.6 is 0 Å². The molecule has 1 rings (SSSR count). The number of carbonyl (C=O) groups excluding carboxylic acids is 1. The molecule has 8 heteroatoms. The second kappa shape index (κ2) is 9.84. The molecule has 1 aliphatic heterocycles. The summed E-state index contributed by atoms with van der Waals surface area (Å²) >= 11 is 0. The predicted octanol–water partition coefficient (Wildman–Crippen LogP) is 3.84. The number of hydrogen-bond donors (Lipinski definition) is 0. The molecule has 26 heavy (non-hydrogen) atoms. The first-order valence-corrected chi connectivity index (χ1v) is 11.9. The lowest BCUT2D eigenvalue weighted by molar-refractivity contribution is -0.247. The Balaban J connectivity index is 2.80. The van der Waals surface area contributed by atoms with Crippen LogP contribution in [-0.4, -0.2) is 59.6 Å². The van der Waals surface area contributed by atoms with Gasteiger partial charge in [-0.25, -0.2) is 4.79 Å². The van der Waals surface area contributed by atoms with Gasteiger partial charge in [0.1, 0.15) is 6.10 Å². The van der Waals surface area contributed by atoms with E-state index in [1.54, 1.807) is 19.1 Å². The molecule has 0 fully saturated rings. The molecule has 0 bridgehead atoms. The number of ether oxygens (including phenoxy) is 5. The molecule has 0 aromatic rings. The molecule has 0 aromatic carbocycles. The van der Waals surface area contributed by atoms with Crippen LogP contribution in [0.1, 0.15) is 34.6 Å². The van der Waals surface area contributed by atoms with Crippen molar-refractivity contribution in [2.45, 2.75) is 77.5 Å². The maximum Gasteiger partial charge on any atom is 0.508 e. The van der Waals surface area contributed by atoms with Crippen molar-refractivity contribution in [2.24, 2.45) is 0 Å². The molecule has 0 saturated heterocycles. The van der Waals surface area contributed by atoms with Crippen molar-refractivity contribution < 1.29 is 32.9 Å². The quantitative estimate of drug-likeness (QED) is 0.270. The third-order valence-corrected chi connectivity index (χ3v) is 9.17. The molecule has 0 N–H and O–H groups in total. The van der Waals surface area contributed by atoms with Crippen LogP contribution in [0.15, 0.2) is 12.2 Å². The summed E-state index contributed by atoms with van der Waals surface area (Å²) in [4.78, 5) is 11.5. The van der Waals surface area contributed by atoms with Crippen molar-refractivity contribution in [3.05, 3.63) is 12.2 Å². The Morgan fingerprint density at radius 2 is 1.92 bits per heavy atom. The number of carbonyl (C=O) groups is 1. The van der Waals surface area contributed by atoms with Gasteiger partial charge in [0, 0.05) is 6.61 Å². The summed E-state index contributed by atoms with van der Waals surface area (Å²) in [5.74, 6) is 0. The molecule has 0 aliphatic carbocycles. The highest BCUT2D eigenvalue weighted by atomic mass is 28.4. The van der Waals surface area contributed by atoms with E-state index in [-0.39, 0.29) is 5.04 Å². The Bertz CT molecular complexity index is 473. The fraction of sp³-hybridized carbons (Fsp3) is 0.833. The fourth-order valence-electron chi connectivity index (χ4n) is 2.08. The molecule has 0 amide bonds. The lowest BCUT2D eigenvalue weighted by Gasteiger charge is -2.39. The molecular weight excluding hydrogens is 356 g/mol. The molecule has 0 radical (unpaired) electrons. The van der Waals surface area contributed by atoms with Crippen LogP contribution in [0.4, 0.5) is 4.79 Å². The van der Waals surface area contributed by atoms with E-state index in [2.05, 4.69) is 38.6 Å². The molecule has 3 unspecified atom stereocenters. The zero-order valence-electron chi connectivity index (χ0n) is 17.2. The lowest BCUT2D eigenvalue weighted by atomic mass is 10.1. The molecule has 152 valence electrons. The van der Waals surface area contributed by atoms with Crippen molar-refractivity contribution in [1.29, 1.82) is 0 Å². The van der Waals surface area contributed by atoms with E-state index in [1.807, 2.05) is 6.92 Å². The van der Waals surface area contributed by atoms with Crippen molar-refractivity contribution in [1.82, 2.24) is 0 Å². The van der Waals surface area contributed by atoms with Crippen LogP contribution in [0.5, 0.6) is 0 Å². The van der Waals surface area contributed by atoms with E-state index in [0.29, 0.717) is 13.2 Å². The summed E-state index contributed by atoms with van der Waals surface area (Å²) in [5, 5.41) is 0.0651. The van der Waals surface area contributed by atoms with Crippen LogP contribution in [0, 0.1) is 0 Å². The van der Waals surface area contributed by atoms with Gasteiger partial charge >= 0.3 is 6.16 Å². The molecule has 0 aromatic heterocycles. The van der Waals surface area contributed by atoms with Crippen LogP contribution < -0.4 is 0 Å². The second-order valence-electron chi connectivity index (χ2n) is 7.69. The average molecular weight is 391 g/mol. The zero-order chi connectivity index (χ0) is 20.0. The smallest absolute Gasteiger partial charge is 0.438 e. The van der Waals surface area contributed by atoms with Crippen molar-refractivity contribution in [3.63, 3.8) is 0 Å². The summed E-state index contributed by atoms with van der Waals surface area (Å²) in [6.07, 6.45) is 0.580. The highest BCUT2D eigenvalue weighted by Crippen LogP contribution is 2.37. The summed E-state index contributed by atoms with van der Waals surface area (Å²) in [7, 11) is -0.704. The molecule has 1 heterocycles. The first-order valence-electron chi connectivity index (χ1n) is 8.99. The number of rotatable bonds is 8. The lowest BCUT2D eigenvalue weighted by Crippen LogP contribution is -2.48. The van der Waals surface area contributed by atoms with E-state index in [9.17, 15) is 4.79 Å². The zero-order valence-corrected chi connectivity index (χ0v) is 18.2. The summed E-state index contributed by atoms with van der Waals surface area (Å²) in [5.41, 5.74) is 0. The van der Waals surface area contributed by atoms with Gasteiger partial charge in [-0.1, -0.05) is 20.8 Å². The topological polar surface area (TPSA) is 72.5 Å². The Hall–Kier alpha value is -0.933. The molecule has 0 spiro atoms.